The van der Waals surface area contributed by atoms with E-state index in [-0.39, 0.29) is 24.4 Å². The van der Waals surface area contributed by atoms with E-state index < -0.39 is 0 Å². The van der Waals surface area contributed by atoms with Crippen LogP contribution in [0.25, 0.3) is 0 Å². The molecule has 0 spiro atoms. The molecule has 2 rings (SSSR count). The average Bonchev–Trinajstić information content (AvgIpc) is 2.48. The molecule has 0 aromatic heterocycles. The maximum absolute atomic E-state index is 12.2. The molecule has 1 aliphatic carbocycles. The SMILES string of the molecule is CCCC(N)C(=O)N1CCN(C2CCCCC2)CC1.Cl. The van der Waals surface area contributed by atoms with Gasteiger partial charge in [0.1, 0.15) is 0 Å². The van der Waals surface area contributed by atoms with Gasteiger partial charge in [0.25, 0.3) is 0 Å². The van der Waals surface area contributed by atoms with Gasteiger partial charge in [-0.05, 0) is 19.3 Å². The number of hydrogen-bond donors (Lipinski definition) is 1. The number of rotatable bonds is 4. The maximum atomic E-state index is 12.2. The number of hydrogen-bond acceptors (Lipinski definition) is 3. The Bertz CT molecular complexity index is 287. The Labute approximate surface area is 129 Å². The summed E-state index contributed by atoms with van der Waals surface area (Å²) in [5.74, 6) is 0.158. The second-order valence-corrected chi connectivity index (χ2v) is 6.05. The first-order chi connectivity index (χ1) is 9.22. The van der Waals surface area contributed by atoms with Crippen LogP contribution in [0.5, 0.6) is 0 Å². The molecule has 2 aliphatic rings. The van der Waals surface area contributed by atoms with Gasteiger partial charge in [0, 0.05) is 32.2 Å². The summed E-state index contributed by atoms with van der Waals surface area (Å²) in [7, 11) is 0. The number of carbonyl (C=O) groups is 1. The van der Waals surface area contributed by atoms with E-state index in [1.807, 2.05) is 4.90 Å². The number of nitrogens with zero attached hydrogens (tertiary/aromatic N) is 2. The fraction of sp³-hybridized carbons (Fsp3) is 0.933. The third kappa shape index (κ3) is 4.61. The van der Waals surface area contributed by atoms with Crippen molar-refractivity contribution in [3.8, 4) is 0 Å². The Kier molecular flexibility index (Phi) is 7.85. The number of nitrogens with two attached hydrogens (primary N) is 1. The Morgan fingerprint density at radius 1 is 1.15 bits per heavy atom. The summed E-state index contributed by atoms with van der Waals surface area (Å²) in [4.78, 5) is 16.7. The van der Waals surface area contributed by atoms with Crippen LogP contribution in [0, 0.1) is 0 Å². The van der Waals surface area contributed by atoms with Gasteiger partial charge in [-0.2, -0.15) is 0 Å². The molecule has 1 amide bonds. The second-order valence-electron chi connectivity index (χ2n) is 6.05. The molecule has 20 heavy (non-hydrogen) atoms. The van der Waals surface area contributed by atoms with E-state index in [4.69, 9.17) is 5.73 Å². The fourth-order valence-electron chi connectivity index (χ4n) is 3.42. The molecule has 0 radical (unpaired) electrons. The molecule has 2 fully saturated rings. The van der Waals surface area contributed by atoms with Gasteiger partial charge in [-0.1, -0.05) is 32.6 Å². The zero-order chi connectivity index (χ0) is 13.7. The van der Waals surface area contributed by atoms with E-state index in [2.05, 4.69) is 11.8 Å². The van der Waals surface area contributed by atoms with Crippen LogP contribution < -0.4 is 5.73 Å². The minimum atomic E-state index is -0.286. The first kappa shape index (κ1) is 17.7. The normalized spacial score (nSPS) is 23.2. The Hall–Kier alpha value is -0.320. The van der Waals surface area contributed by atoms with E-state index >= 15 is 0 Å². The molecular weight excluding hydrogens is 274 g/mol. The van der Waals surface area contributed by atoms with E-state index in [1.165, 1.54) is 32.1 Å². The first-order valence-corrected chi connectivity index (χ1v) is 8.00. The minimum absolute atomic E-state index is 0. The van der Waals surface area contributed by atoms with Gasteiger partial charge in [0.2, 0.25) is 5.91 Å². The predicted molar refractivity (Wildman–Crippen MR) is 85.2 cm³/mol. The summed E-state index contributed by atoms with van der Waals surface area (Å²) in [6, 6.07) is 0.488. The van der Waals surface area contributed by atoms with Gasteiger partial charge in [0.15, 0.2) is 0 Å². The standard InChI is InChI=1S/C15H29N3O.ClH/c1-2-6-14(16)15(19)18-11-9-17(10-12-18)13-7-4-3-5-8-13;/h13-14H,2-12,16H2,1H3;1H. The highest BCUT2D eigenvalue weighted by Crippen LogP contribution is 2.23. The molecule has 1 aliphatic heterocycles. The molecule has 1 heterocycles. The van der Waals surface area contributed by atoms with Crippen molar-refractivity contribution in [2.75, 3.05) is 26.2 Å². The topological polar surface area (TPSA) is 49.6 Å². The van der Waals surface area contributed by atoms with Gasteiger partial charge in [-0.3, -0.25) is 9.69 Å². The lowest BCUT2D eigenvalue weighted by Gasteiger charge is -2.41. The van der Waals surface area contributed by atoms with E-state index in [9.17, 15) is 4.79 Å². The number of halogens is 1. The Balaban J connectivity index is 0.00000200. The average molecular weight is 304 g/mol. The maximum Gasteiger partial charge on any atom is 0.239 e. The van der Waals surface area contributed by atoms with Gasteiger partial charge in [-0.25, -0.2) is 0 Å². The lowest BCUT2D eigenvalue weighted by atomic mass is 9.94. The first-order valence-electron chi connectivity index (χ1n) is 8.00. The van der Waals surface area contributed by atoms with E-state index in [1.54, 1.807) is 0 Å². The van der Waals surface area contributed by atoms with Crippen LogP contribution in [-0.4, -0.2) is 54.0 Å². The summed E-state index contributed by atoms with van der Waals surface area (Å²) in [5.41, 5.74) is 5.93. The molecule has 1 saturated heterocycles. The summed E-state index contributed by atoms with van der Waals surface area (Å²) < 4.78 is 0. The van der Waals surface area contributed by atoms with Crippen molar-refractivity contribution >= 4 is 18.3 Å². The van der Waals surface area contributed by atoms with Crippen LogP contribution in [0.4, 0.5) is 0 Å². The van der Waals surface area contributed by atoms with Crippen molar-refractivity contribution in [1.82, 2.24) is 9.80 Å². The Morgan fingerprint density at radius 3 is 2.30 bits per heavy atom. The zero-order valence-electron chi connectivity index (χ0n) is 12.7. The van der Waals surface area contributed by atoms with Gasteiger partial charge in [-0.15, -0.1) is 12.4 Å². The molecule has 1 unspecified atom stereocenters. The van der Waals surface area contributed by atoms with Crippen LogP contribution in [0.3, 0.4) is 0 Å². The highest BCUT2D eigenvalue weighted by atomic mass is 35.5. The lowest BCUT2D eigenvalue weighted by Crippen LogP contribution is -2.55. The van der Waals surface area contributed by atoms with Gasteiger partial charge < -0.3 is 10.6 Å². The van der Waals surface area contributed by atoms with Crippen LogP contribution in [0.15, 0.2) is 0 Å². The fourth-order valence-corrected chi connectivity index (χ4v) is 3.42. The van der Waals surface area contributed by atoms with Crippen LogP contribution >= 0.6 is 12.4 Å². The monoisotopic (exact) mass is 303 g/mol. The summed E-state index contributed by atoms with van der Waals surface area (Å²) >= 11 is 0. The third-order valence-corrected chi connectivity index (χ3v) is 4.63. The molecule has 0 bridgehead atoms. The van der Waals surface area contributed by atoms with Crippen molar-refractivity contribution in [1.29, 1.82) is 0 Å². The van der Waals surface area contributed by atoms with Crippen molar-refractivity contribution < 1.29 is 4.79 Å². The molecular formula is C15H30ClN3O. The highest BCUT2D eigenvalue weighted by Gasteiger charge is 2.28. The smallest absolute Gasteiger partial charge is 0.239 e. The molecule has 118 valence electrons. The Morgan fingerprint density at radius 2 is 1.75 bits per heavy atom. The van der Waals surface area contributed by atoms with Crippen molar-refractivity contribution in [2.45, 2.75) is 64.0 Å². The van der Waals surface area contributed by atoms with Crippen molar-refractivity contribution in [3.63, 3.8) is 0 Å². The summed E-state index contributed by atoms with van der Waals surface area (Å²) in [5, 5.41) is 0. The molecule has 5 heteroatoms. The molecule has 1 saturated carbocycles. The van der Waals surface area contributed by atoms with Gasteiger partial charge in [0.05, 0.1) is 6.04 Å². The van der Waals surface area contributed by atoms with Gasteiger partial charge >= 0.3 is 0 Å². The number of carbonyl (C=O) groups excluding carboxylic acids is 1. The summed E-state index contributed by atoms with van der Waals surface area (Å²) in [6.07, 6.45) is 8.65. The quantitative estimate of drug-likeness (QED) is 0.864. The predicted octanol–water partition coefficient (Wildman–Crippen LogP) is 2.01. The second kappa shape index (κ2) is 8.85. The van der Waals surface area contributed by atoms with E-state index in [0.717, 1.165) is 45.1 Å². The van der Waals surface area contributed by atoms with E-state index in [0.29, 0.717) is 0 Å². The largest absolute Gasteiger partial charge is 0.339 e. The van der Waals surface area contributed by atoms with Crippen LogP contribution in [0.2, 0.25) is 0 Å². The molecule has 1 atom stereocenters. The zero-order valence-corrected chi connectivity index (χ0v) is 13.5. The van der Waals surface area contributed by atoms with Crippen molar-refractivity contribution in [2.24, 2.45) is 5.73 Å². The third-order valence-electron chi connectivity index (χ3n) is 4.63. The van der Waals surface area contributed by atoms with Crippen molar-refractivity contribution in [3.05, 3.63) is 0 Å². The number of piperazine rings is 1. The highest BCUT2D eigenvalue weighted by molar-refractivity contribution is 5.85. The molecule has 4 nitrogen and oxygen atoms in total. The number of amides is 1. The lowest BCUT2D eigenvalue weighted by molar-refractivity contribution is -0.135. The molecule has 0 aromatic carbocycles. The summed E-state index contributed by atoms with van der Waals surface area (Å²) in [6.45, 7) is 5.89. The minimum Gasteiger partial charge on any atom is -0.339 e. The molecule has 2 N–H and O–H groups in total. The van der Waals surface area contributed by atoms with Crippen LogP contribution in [0.1, 0.15) is 51.9 Å². The van der Waals surface area contributed by atoms with Crippen LogP contribution in [-0.2, 0) is 4.79 Å². The molecule has 0 aromatic rings.